The van der Waals surface area contributed by atoms with Gasteiger partial charge in [-0.15, -0.1) is 0 Å². The van der Waals surface area contributed by atoms with Crippen LogP contribution >= 0.6 is 0 Å². The number of H-pyrrole nitrogens is 1. The number of aromatic carboxylic acids is 1. The van der Waals surface area contributed by atoms with Gasteiger partial charge in [-0.2, -0.15) is 0 Å². The van der Waals surface area contributed by atoms with Crippen LogP contribution in [-0.2, 0) is 4.74 Å². The number of aromatic amines is 1. The van der Waals surface area contributed by atoms with Crippen LogP contribution in [0.3, 0.4) is 0 Å². The predicted molar refractivity (Wildman–Crippen MR) is 126 cm³/mol. The average Bonchev–Trinajstić information content (AvgIpc) is 3.36. The van der Waals surface area contributed by atoms with Crippen molar-refractivity contribution in [3.05, 3.63) is 54.5 Å². The lowest BCUT2D eigenvalue weighted by Gasteiger charge is -2.45. The maximum Gasteiger partial charge on any atom is 0.341 e. The Kier molecular flexibility index (Phi) is 4.80. The molecule has 2 aliphatic heterocycles. The van der Waals surface area contributed by atoms with E-state index in [0.717, 1.165) is 34.5 Å². The molecule has 4 aromatic rings. The minimum Gasteiger partial charge on any atom is -0.480 e. The molecule has 5 heterocycles. The maximum atomic E-state index is 11.8. The number of carboxylic acid groups (broad SMARTS) is 1. The molecule has 10 nitrogen and oxygen atoms in total. The number of benzene rings is 1. The Morgan fingerprint density at radius 2 is 2.18 bits per heavy atom. The first-order valence-corrected chi connectivity index (χ1v) is 11.0. The summed E-state index contributed by atoms with van der Waals surface area (Å²) in [5.74, 6) is 0.402. The molecule has 2 aliphatic rings. The number of fused-ring (bicyclic) bond motifs is 4. The van der Waals surface area contributed by atoms with Crippen molar-refractivity contribution in [3.8, 4) is 17.3 Å². The van der Waals surface area contributed by atoms with Crippen molar-refractivity contribution in [3.63, 3.8) is 0 Å². The SMILES string of the molecule is COc1ncc(N2CC3COCCN3c3nc(-c4cccc5[nH]ccc45)ncc32)cc1C(=O)O. The van der Waals surface area contributed by atoms with Gasteiger partial charge in [0.25, 0.3) is 0 Å². The van der Waals surface area contributed by atoms with E-state index in [1.54, 1.807) is 18.5 Å². The molecule has 0 spiro atoms. The van der Waals surface area contributed by atoms with E-state index in [1.807, 2.05) is 35.4 Å². The lowest BCUT2D eigenvalue weighted by molar-refractivity contribution is 0.0692. The fourth-order valence-electron chi connectivity index (χ4n) is 4.72. The van der Waals surface area contributed by atoms with Crippen LogP contribution in [0.2, 0.25) is 0 Å². The van der Waals surface area contributed by atoms with Gasteiger partial charge in [-0.25, -0.2) is 19.7 Å². The van der Waals surface area contributed by atoms with Crippen LogP contribution in [-0.4, -0.2) is 70.5 Å². The highest BCUT2D eigenvalue weighted by atomic mass is 16.5. The van der Waals surface area contributed by atoms with Crippen molar-refractivity contribution in [2.75, 3.05) is 43.2 Å². The molecule has 0 saturated carbocycles. The van der Waals surface area contributed by atoms with Gasteiger partial charge in [0, 0.05) is 35.8 Å². The molecule has 1 saturated heterocycles. The number of nitrogens with one attached hydrogen (secondary N) is 1. The number of methoxy groups -OCH3 is 1. The molecule has 0 radical (unpaired) electrons. The summed E-state index contributed by atoms with van der Waals surface area (Å²) >= 11 is 0. The first-order valence-electron chi connectivity index (χ1n) is 11.0. The smallest absolute Gasteiger partial charge is 0.341 e. The van der Waals surface area contributed by atoms with Gasteiger partial charge in [0.15, 0.2) is 11.6 Å². The number of anilines is 3. The van der Waals surface area contributed by atoms with Gasteiger partial charge in [-0.05, 0) is 18.2 Å². The molecule has 3 aromatic heterocycles. The predicted octanol–water partition coefficient (Wildman–Crippen LogP) is 3.08. The lowest BCUT2D eigenvalue weighted by Crippen LogP contribution is -2.54. The maximum absolute atomic E-state index is 11.8. The Morgan fingerprint density at radius 3 is 3.03 bits per heavy atom. The molecule has 1 aromatic carbocycles. The van der Waals surface area contributed by atoms with Crippen LogP contribution < -0.4 is 14.5 Å². The number of carboxylic acids is 1. The van der Waals surface area contributed by atoms with Crippen molar-refractivity contribution in [2.24, 2.45) is 0 Å². The number of carbonyl (C=O) groups is 1. The molecule has 172 valence electrons. The Morgan fingerprint density at radius 1 is 1.26 bits per heavy atom. The number of pyridine rings is 1. The van der Waals surface area contributed by atoms with Crippen LogP contribution in [0, 0.1) is 0 Å². The van der Waals surface area contributed by atoms with E-state index >= 15 is 0 Å². The molecule has 0 bridgehead atoms. The third-order valence-electron chi connectivity index (χ3n) is 6.34. The molecule has 1 atom stereocenters. The number of rotatable bonds is 4. The van der Waals surface area contributed by atoms with E-state index in [-0.39, 0.29) is 17.5 Å². The number of aromatic nitrogens is 4. The van der Waals surface area contributed by atoms with Gasteiger partial charge < -0.3 is 29.4 Å². The Balaban J connectivity index is 1.49. The summed E-state index contributed by atoms with van der Waals surface area (Å²) in [4.78, 5) is 33.2. The zero-order chi connectivity index (χ0) is 23.2. The minimum atomic E-state index is -1.10. The average molecular weight is 458 g/mol. The van der Waals surface area contributed by atoms with E-state index in [2.05, 4.69) is 14.9 Å². The zero-order valence-electron chi connectivity index (χ0n) is 18.4. The molecule has 34 heavy (non-hydrogen) atoms. The van der Waals surface area contributed by atoms with E-state index in [1.165, 1.54) is 7.11 Å². The molecular formula is C24H22N6O4. The molecule has 2 N–H and O–H groups in total. The van der Waals surface area contributed by atoms with E-state index in [9.17, 15) is 9.90 Å². The van der Waals surface area contributed by atoms with Crippen molar-refractivity contribution in [1.82, 2.24) is 19.9 Å². The summed E-state index contributed by atoms with van der Waals surface area (Å²) in [6.45, 7) is 2.49. The molecule has 1 fully saturated rings. The van der Waals surface area contributed by atoms with Crippen molar-refractivity contribution < 1.29 is 19.4 Å². The molecular weight excluding hydrogens is 436 g/mol. The fourth-order valence-corrected chi connectivity index (χ4v) is 4.72. The molecule has 6 rings (SSSR count). The molecule has 10 heteroatoms. The lowest BCUT2D eigenvalue weighted by atomic mass is 10.1. The number of hydrogen-bond donors (Lipinski definition) is 2. The van der Waals surface area contributed by atoms with Crippen molar-refractivity contribution >= 4 is 34.1 Å². The van der Waals surface area contributed by atoms with Crippen molar-refractivity contribution in [1.29, 1.82) is 0 Å². The highest BCUT2D eigenvalue weighted by Gasteiger charge is 2.36. The Hall–Kier alpha value is -4.18. The van der Waals surface area contributed by atoms with Crippen LogP contribution in [0.1, 0.15) is 10.4 Å². The van der Waals surface area contributed by atoms with Gasteiger partial charge in [0.1, 0.15) is 11.3 Å². The fraction of sp³-hybridized carbons (Fsp3) is 0.250. The van der Waals surface area contributed by atoms with Gasteiger partial charge >= 0.3 is 5.97 Å². The molecule has 1 unspecified atom stereocenters. The standard InChI is InChI=1S/C24H22N6O4/c1-33-23-18(24(31)32)9-14(10-27-23)30-12-15-13-34-8-7-29(15)22-20(30)11-26-21(28-22)17-3-2-4-19-16(17)5-6-25-19/h2-6,9-11,15,25H,7-8,12-13H2,1H3,(H,31,32). The van der Waals surface area contributed by atoms with Gasteiger partial charge in [-0.1, -0.05) is 12.1 Å². The quantitative estimate of drug-likeness (QED) is 0.476. The normalized spacial score (nSPS) is 17.4. The number of hydrogen-bond acceptors (Lipinski definition) is 8. The summed E-state index contributed by atoms with van der Waals surface area (Å²) in [6, 6.07) is 9.68. The monoisotopic (exact) mass is 458 g/mol. The first kappa shape index (κ1) is 20.4. The van der Waals surface area contributed by atoms with Crippen LogP contribution in [0.25, 0.3) is 22.3 Å². The topological polar surface area (TPSA) is 117 Å². The van der Waals surface area contributed by atoms with Gasteiger partial charge in [0.05, 0.1) is 44.4 Å². The highest BCUT2D eigenvalue weighted by Crippen LogP contribution is 2.41. The summed E-state index contributed by atoms with van der Waals surface area (Å²) in [6.07, 6.45) is 5.32. The third-order valence-corrected chi connectivity index (χ3v) is 6.34. The van der Waals surface area contributed by atoms with Crippen LogP contribution in [0.5, 0.6) is 5.88 Å². The first-order chi connectivity index (χ1) is 16.6. The van der Waals surface area contributed by atoms with Gasteiger partial charge in [-0.3, -0.25) is 0 Å². The Bertz CT molecular complexity index is 1400. The minimum absolute atomic E-state index is 0.000507. The second-order valence-corrected chi connectivity index (χ2v) is 8.24. The summed E-state index contributed by atoms with van der Waals surface area (Å²) in [5.41, 5.74) is 3.40. The number of nitrogens with zero attached hydrogens (tertiary/aromatic N) is 5. The summed E-state index contributed by atoms with van der Waals surface area (Å²) in [7, 11) is 1.41. The van der Waals surface area contributed by atoms with Crippen molar-refractivity contribution in [2.45, 2.75) is 6.04 Å². The largest absolute Gasteiger partial charge is 0.480 e. The summed E-state index contributed by atoms with van der Waals surface area (Å²) in [5, 5.41) is 10.7. The van der Waals surface area contributed by atoms with E-state index in [4.69, 9.17) is 19.4 Å². The highest BCUT2D eigenvalue weighted by molar-refractivity contribution is 5.94. The van der Waals surface area contributed by atoms with Crippen LogP contribution in [0.4, 0.5) is 17.2 Å². The van der Waals surface area contributed by atoms with E-state index in [0.29, 0.717) is 31.3 Å². The molecule has 0 aliphatic carbocycles. The second kappa shape index (κ2) is 7.99. The van der Waals surface area contributed by atoms with Gasteiger partial charge in [0.2, 0.25) is 5.88 Å². The van der Waals surface area contributed by atoms with Crippen LogP contribution in [0.15, 0.2) is 48.9 Å². The van der Waals surface area contributed by atoms with E-state index < -0.39 is 5.97 Å². The molecule has 0 amide bonds. The number of ether oxygens (including phenoxy) is 2. The Labute approximate surface area is 194 Å². The summed E-state index contributed by atoms with van der Waals surface area (Å²) < 4.78 is 10.9. The zero-order valence-corrected chi connectivity index (χ0v) is 18.4. The number of morpholine rings is 1. The third kappa shape index (κ3) is 3.22. The second-order valence-electron chi connectivity index (χ2n) is 8.24.